The van der Waals surface area contributed by atoms with Crippen molar-refractivity contribution >= 4 is 69.8 Å². The van der Waals surface area contributed by atoms with Crippen LogP contribution in [0.2, 0.25) is 10.0 Å². The van der Waals surface area contributed by atoms with Gasteiger partial charge in [-0.1, -0.05) is 44.0 Å². The zero-order chi connectivity index (χ0) is 31.4. The molecule has 1 aliphatic rings. The van der Waals surface area contributed by atoms with Gasteiger partial charge < -0.3 is 34.4 Å². The van der Waals surface area contributed by atoms with Crippen molar-refractivity contribution in [2.75, 3.05) is 84.5 Å². The van der Waals surface area contributed by atoms with Crippen LogP contribution in [0.3, 0.4) is 0 Å². The van der Waals surface area contributed by atoms with Gasteiger partial charge in [0.05, 0.1) is 75.1 Å². The van der Waals surface area contributed by atoms with Gasteiger partial charge in [0.2, 0.25) is 5.91 Å². The second-order valence-electron chi connectivity index (χ2n) is 8.61. The molecule has 0 radical (unpaired) electrons. The van der Waals surface area contributed by atoms with Crippen LogP contribution in [0.15, 0.2) is 23.3 Å². The van der Waals surface area contributed by atoms with Gasteiger partial charge in [0, 0.05) is 48.2 Å². The number of aldehydes is 1. The van der Waals surface area contributed by atoms with Crippen LogP contribution >= 0.6 is 46.1 Å². The minimum absolute atomic E-state index is 0.00293. The number of nitrogens with one attached hydrogen (secondary N) is 3. The molecule has 1 unspecified atom stereocenters. The molecule has 14 heteroatoms. The van der Waals surface area contributed by atoms with Gasteiger partial charge in [-0.15, -0.1) is 0 Å². The highest BCUT2D eigenvalue weighted by atomic mass is 127. The van der Waals surface area contributed by atoms with Crippen molar-refractivity contribution in [1.82, 2.24) is 14.2 Å². The first kappa shape index (κ1) is 40.9. The number of rotatable bonds is 20. The highest BCUT2D eigenvalue weighted by Crippen LogP contribution is 2.29. The minimum Gasteiger partial charge on any atom is -0.379 e. The molecule has 0 aliphatic carbocycles. The minimum atomic E-state index is -0.00293. The van der Waals surface area contributed by atoms with Crippen molar-refractivity contribution in [3.8, 4) is 0 Å². The van der Waals surface area contributed by atoms with Crippen LogP contribution in [0.1, 0.15) is 40.0 Å². The molecule has 0 saturated heterocycles. The first-order chi connectivity index (χ1) is 20.4. The fraction of sp³-hybridized carbons (Fsp3) is 0.679. The van der Waals surface area contributed by atoms with E-state index < -0.39 is 0 Å². The summed E-state index contributed by atoms with van der Waals surface area (Å²) >= 11 is 14.0. The van der Waals surface area contributed by atoms with Crippen LogP contribution in [0.5, 0.6) is 0 Å². The van der Waals surface area contributed by atoms with Crippen LogP contribution < -0.4 is 19.2 Å². The Morgan fingerprint density at radius 1 is 1.00 bits per heavy atom. The number of hydrazone groups is 1. The monoisotopic (exact) mass is 747 g/mol. The van der Waals surface area contributed by atoms with E-state index in [1.54, 1.807) is 12.1 Å². The lowest BCUT2D eigenvalue weighted by atomic mass is 10.1. The summed E-state index contributed by atoms with van der Waals surface area (Å²) < 4.78 is 23.9. The molecule has 1 heterocycles. The van der Waals surface area contributed by atoms with Crippen molar-refractivity contribution in [2.24, 2.45) is 11.0 Å². The molecule has 0 aromatic heterocycles. The molecule has 1 amide bonds. The average molecular weight is 749 g/mol. The molecule has 42 heavy (non-hydrogen) atoms. The Hall–Kier alpha value is -1.10. The number of halogens is 3. The zero-order valence-electron chi connectivity index (χ0n) is 25.3. The summed E-state index contributed by atoms with van der Waals surface area (Å²) in [4.78, 5) is 21.9. The summed E-state index contributed by atoms with van der Waals surface area (Å²) in [6.07, 6.45) is 2.57. The lowest BCUT2D eigenvalue weighted by Crippen LogP contribution is -2.33. The van der Waals surface area contributed by atoms with E-state index in [0.717, 1.165) is 31.5 Å². The Labute approximate surface area is 275 Å². The van der Waals surface area contributed by atoms with E-state index >= 15 is 0 Å². The average Bonchev–Trinajstić information content (AvgIpc) is 3.35. The van der Waals surface area contributed by atoms with Gasteiger partial charge >= 0.3 is 0 Å². The lowest BCUT2D eigenvalue weighted by Gasteiger charge is -2.14. The van der Waals surface area contributed by atoms with Gasteiger partial charge in [-0.2, -0.15) is 5.10 Å². The predicted molar refractivity (Wildman–Crippen MR) is 179 cm³/mol. The fourth-order valence-corrected chi connectivity index (χ4v) is 3.72. The first-order valence-electron chi connectivity index (χ1n) is 14.3. The van der Waals surface area contributed by atoms with Gasteiger partial charge in [-0.05, 0) is 38.2 Å². The number of hydrogen-bond acceptors (Lipinski definition) is 10. The van der Waals surface area contributed by atoms with Crippen molar-refractivity contribution in [1.29, 1.82) is 0 Å². The number of carbonyl (C=O) groups excluding carboxylic acids is 2. The number of nitrogens with zero attached hydrogens (tertiary/aromatic N) is 2. The summed E-state index contributed by atoms with van der Waals surface area (Å²) in [5.74, 6) is 0.847. The summed E-state index contributed by atoms with van der Waals surface area (Å²) in [7, 11) is 1.87. The van der Waals surface area contributed by atoms with E-state index in [1.807, 2.05) is 38.9 Å². The molecule has 1 aliphatic heterocycles. The molecule has 2 rings (SSSR count). The normalized spacial score (nSPS) is 13.9. The molecular formula is C28H48Cl2IN5O6. The first-order valence-corrected chi connectivity index (χ1v) is 16.1. The number of ether oxygens (including phenoxy) is 4. The third-order valence-corrected chi connectivity index (χ3v) is 6.56. The van der Waals surface area contributed by atoms with Crippen LogP contribution in [-0.2, 0) is 28.5 Å². The maximum absolute atomic E-state index is 11.9. The van der Waals surface area contributed by atoms with Gasteiger partial charge in [-0.3, -0.25) is 13.3 Å². The summed E-state index contributed by atoms with van der Waals surface area (Å²) in [6, 6.07) is 5.38. The van der Waals surface area contributed by atoms with Crippen LogP contribution in [0.25, 0.3) is 0 Å². The third-order valence-electron chi connectivity index (χ3n) is 5.28. The molecular weight excluding hydrogens is 700 g/mol. The van der Waals surface area contributed by atoms with E-state index in [1.165, 1.54) is 0 Å². The molecule has 1 aromatic carbocycles. The van der Waals surface area contributed by atoms with E-state index in [0.29, 0.717) is 88.1 Å². The Kier molecular flexibility index (Phi) is 27.9. The van der Waals surface area contributed by atoms with Crippen molar-refractivity contribution in [2.45, 2.75) is 40.0 Å². The number of amidine groups is 1. The van der Waals surface area contributed by atoms with Crippen molar-refractivity contribution < 1.29 is 28.5 Å². The van der Waals surface area contributed by atoms with Crippen molar-refractivity contribution in [3.63, 3.8) is 0 Å². The number of hydrogen-bond donors (Lipinski definition) is 3. The van der Waals surface area contributed by atoms with Gasteiger partial charge in [-0.25, -0.2) is 0 Å². The summed E-state index contributed by atoms with van der Waals surface area (Å²) in [5, 5.41) is 13.2. The quantitative estimate of drug-likeness (QED) is 0.0767. The number of anilines is 1. The maximum atomic E-state index is 11.9. The van der Waals surface area contributed by atoms with Crippen LogP contribution in [0, 0.1) is 5.92 Å². The van der Waals surface area contributed by atoms with Crippen LogP contribution in [-0.4, -0.2) is 97.6 Å². The molecule has 0 saturated carbocycles. The Balaban J connectivity index is 0.000000772. The Morgan fingerprint density at radius 3 is 2.14 bits per heavy atom. The lowest BCUT2D eigenvalue weighted by molar-refractivity contribution is -0.119. The zero-order valence-corrected chi connectivity index (χ0v) is 28.9. The molecule has 3 N–H and O–H groups in total. The molecule has 1 atom stereocenters. The molecule has 0 fully saturated rings. The summed E-state index contributed by atoms with van der Waals surface area (Å²) in [6.45, 7) is 12.9. The largest absolute Gasteiger partial charge is 0.379 e. The van der Waals surface area contributed by atoms with Gasteiger partial charge in [0.25, 0.3) is 0 Å². The fourth-order valence-electron chi connectivity index (χ4n) is 3.21. The molecule has 11 nitrogen and oxygen atoms in total. The second-order valence-corrected chi connectivity index (χ2v) is 10.2. The molecule has 0 spiro atoms. The number of benzene rings is 1. The Bertz CT molecular complexity index is 872. The molecule has 1 aromatic rings. The van der Waals surface area contributed by atoms with Crippen molar-refractivity contribution in [3.05, 3.63) is 28.2 Å². The number of carbonyl (C=O) groups is 2. The van der Waals surface area contributed by atoms with E-state index in [9.17, 15) is 9.59 Å². The van der Waals surface area contributed by atoms with E-state index in [-0.39, 0.29) is 11.8 Å². The standard InChI is InChI=1S/C15H20Cl2N4O.C11H22INO5.C2H6/c1-10-9-21(11-5-6-12(16)13(17)8-11)20-15(10)19-14(22)4-3-7-18-2;12-13-2-5-16-7-9-18-11-10-17-8-6-15-4-1-3-14;1-2/h5-6,8,10,18H,3-4,7,9H2,1-2H3,(H,19,20,22);3,13H,1-2,4-11H2;1-2H3. The Morgan fingerprint density at radius 2 is 1.60 bits per heavy atom. The highest BCUT2D eigenvalue weighted by Gasteiger charge is 2.25. The van der Waals surface area contributed by atoms with Gasteiger partial charge in [0.1, 0.15) is 12.1 Å². The smallest absolute Gasteiger partial charge is 0.225 e. The second kappa shape index (κ2) is 28.7. The van der Waals surface area contributed by atoms with E-state index in [2.05, 4.69) is 42.1 Å². The van der Waals surface area contributed by atoms with Crippen LogP contribution in [0.4, 0.5) is 5.69 Å². The summed E-state index contributed by atoms with van der Waals surface area (Å²) in [5.41, 5.74) is 0.862. The SMILES string of the molecule is CC.CNCCCC(=O)NC1=NN(c2ccc(Cl)c(Cl)c2)CC1C.O=CCCOCCOCCOCCOCCNI. The topological polar surface area (TPSA) is 123 Å². The highest BCUT2D eigenvalue weighted by molar-refractivity contribution is 14.1. The molecule has 242 valence electrons. The maximum Gasteiger partial charge on any atom is 0.225 e. The third kappa shape index (κ3) is 20.7. The molecule has 0 bridgehead atoms. The number of amides is 1. The predicted octanol–water partition coefficient (Wildman–Crippen LogP) is 4.49. The van der Waals surface area contributed by atoms with E-state index in [4.69, 9.17) is 42.1 Å². The van der Waals surface area contributed by atoms with Gasteiger partial charge in [0.15, 0.2) is 0 Å².